The van der Waals surface area contributed by atoms with Crippen LogP contribution in [0, 0.1) is 0 Å². The van der Waals surface area contributed by atoms with Crippen molar-refractivity contribution in [2.24, 2.45) is 0 Å². The topological polar surface area (TPSA) is 98.5 Å². The molecule has 0 aliphatic carbocycles. The molecule has 1 aliphatic rings. The van der Waals surface area contributed by atoms with Crippen LogP contribution < -0.4 is 21.1 Å². The van der Waals surface area contributed by atoms with E-state index in [2.05, 4.69) is 15.6 Å². The molecule has 1 aromatic heterocycles. The molecule has 1 saturated heterocycles. The first kappa shape index (κ1) is 15.8. The number of halogens is 1. The summed E-state index contributed by atoms with van der Waals surface area (Å²) >= 11 is 5.93. The van der Waals surface area contributed by atoms with Gasteiger partial charge in [-0.2, -0.15) is 4.98 Å². The van der Waals surface area contributed by atoms with Crippen molar-refractivity contribution in [1.29, 1.82) is 0 Å². The minimum Gasteiger partial charge on any atom is -0.480 e. The van der Waals surface area contributed by atoms with Crippen LogP contribution in [-0.4, -0.2) is 50.3 Å². The normalized spacial score (nSPS) is 21.9. The first-order valence-electron chi connectivity index (χ1n) is 6.61. The molecule has 2 unspecified atom stereocenters. The molecular weight excluding hydrogens is 296 g/mol. The van der Waals surface area contributed by atoms with Gasteiger partial charge in [0.1, 0.15) is 11.4 Å². The summed E-state index contributed by atoms with van der Waals surface area (Å²) in [6.45, 7) is 1.52. The molecule has 2 heterocycles. The number of rotatable bonds is 4. The summed E-state index contributed by atoms with van der Waals surface area (Å²) in [5.74, 6) is -0.0331. The van der Waals surface area contributed by atoms with Crippen LogP contribution >= 0.6 is 11.6 Å². The van der Waals surface area contributed by atoms with E-state index in [0.29, 0.717) is 6.54 Å². The van der Waals surface area contributed by atoms with Crippen LogP contribution in [0.15, 0.2) is 6.07 Å². The lowest BCUT2D eigenvalue weighted by atomic mass is 10.0. The number of amides is 1. The number of nitrogens with zero attached hydrogens (tertiary/aromatic N) is 1. The Morgan fingerprint density at radius 2 is 2.33 bits per heavy atom. The van der Waals surface area contributed by atoms with Gasteiger partial charge in [-0.15, -0.1) is 0 Å². The fraction of sp³-hybridized carbons (Fsp3) is 0.538. The van der Waals surface area contributed by atoms with Crippen LogP contribution in [0.4, 0.5) is 5.82 Å². The van der Waals surface area contributed by atoms with Crippen molar-refractivity contribution in [2.75, 3.05) is 33.0 Å². The number of carbonyl (C=O) groups is 1. The number of pyridine rings is 1. The zero-order valence-electron chi connectivity index (χ0n) is 12.0. The average Bonchev–Trinajstić information content (AvgIpc) is 2.50. The summed E-state index contributed by atoms with van der Waals surface area (Å²) in [6, 6.07) is 1.38. The van der Waals surface area contributed by atoms with Crippen LogP contribution in [0.1, 0.15) is 16.8 Å². The van der Waals surface area contributed by atoms with Crippen molar-refractivity contribution in [3.05, 3.63) is 16.7 Å². The van der Waals surface area contributed by atoms with E-state index < -0.39 is 0 Å². The molecule has 0 aromatic carbocycles. The largest absolute Gasteiger partial charge is 0.480 e. The fourth-order valence-corrected chi connectivity index (χ4v) is 2.44. The number of carbonyl (C=O) groups excluding carboxylic acids is 1. The SMILES string of the molecule is COc1nc(N)c(Cl)cc1C(=O)NC1CCNCC1OC. The van der Waals surface area contributed by atoms with Gasteiger partial charge in [-0.3, -0.25) is 4.79 Å². The van der Waals surface area contributed by atoms with Gasteiger partial charge >= 0.3 is 0 Å². The number of nitrogen functional groups attached to an aromatic ring is 1. The van der Waals surface area contributed by atoms with Gasteiger partial charge in [0.05, 0.1) is 24.3 Å². The van der Waals surface area contributed by atoms with Gasteiger partial charge in [-0.1, -0.05) is 11.6 Å². The predicted octanol–water partition coefficient (Wildman–Crippen LogP) is 0.432. The van der Waals surface area contributed by atoms with Crippen LogP contribution in [-0.2, 0) is 4.74 Å². The molecule has 0 spiro atoms. The molecule has 0 saturated carbocycles. The van der Waals surface area contributed by atoms with Crippen molar-refractivity contribution < 1.29 is 14.3 Å². The molecule has 4 N–H and O–H groups in total. The highest BCUT2D eigenvalue weighted by Crippen LogP contribution is 2.25. The van der Waals surface area contributed by atoms with E-state index >= 15 is 0 Å². The first-order chi connectivity index (χ1) is 10.1. The summed E-state index contributed by atoms with van der Waals surface area (Å²) in [5.41, 5.74) is 5.86. The van der Waals surface area contributed by atoms with E-state index in [4.69, 9.17) is 26.8 Å². The highest BCUT2D eigenvalue weighted by Gasteiger charge is 2.28. The molecule has 1 amide bonds. The maximum atomic E-state index is 12.4. The molecule has 2 rings (SSSR count). The number of piperidine rings is 1. The molecule has 7 nitrogen and oxygen atoms in total. The molecule has 8 heteroatoms. The summed E-state index contributed by atoms with van der Waals surface area (Å²) < 4.78 is 10.5. The zero-order chi connectivity index (χ0) is 15.4. The molecule has 0 radical (unpaired) electrons. The highest BCUT2D eigenvalue weighted by molar-refractivity contribution is 6.33. The number of nitrogens with two attached hydrogens (primary N) is 1. The number of nitrogens with one attached hydrogen (secondary N) is 2. The lowest BCUT2D eigenvalue weighted by Crippen LogP contribution is -2.53. The molecule has 21 heavy (non-hydrogen) atoms. The molecular formula is C13H19ClN4O3. The zero-order valence-corrected chi connectivity index (χ0v) is 12.7. The monoisotopic (exact) mass is 314 g/mol. The molecule has 2 atom stereocenters. The highest BCUT2D eigenvalue weighted by atomic mass is 35.5. The third-order valence-corrected chi connectivity index (χ3v) is 3.75. The van der Waals surface area contributed by atoms with E-state index in [-0.39, 0.29) is 40.3 Å². The maximum absolute atomic E-state index is 12.4. The van der Waals surface area contributed by atoms with E-state index in [0.717, 1.165) is 13.0 Å². The Bertz CT molecular complexity index is 526. The van der Waals surface area contributed by atoms with Gasteiger partial charge < -0.3 is 25.8 Å². The van der Waals surface area contributed by atoms with Gasteiger partial charge in [-0.05, 0) is 19.0 Å². The Morgan fingerprint density at radius 1 is 1.57 bits per heavy atom. The quantitative estimate of drug-likeness (QED) is 0.745. The summed E-state index contributed by atoms with van der Waals surface area (Å²) in [4.78, 5) is 16.4. The maximum Gasteiger partial charge on any atom is 0.257 e. The van der Waals surface area contributed by atoms with Crippen molar-refractivity contribution in [3.8, 4) is 5.88 Å². The van der Waals surface area contributed by atoms with Gasteiger partial charge in [-0.25, -0.2) is 0 Å². The number of hydrogen-bond acceptors (Lipinski definition) is 6. The number of anilines is 1. The van der Waals surface area contributed by atoms with Crippen molar-refractivity contribution in [1.82, 2.24) is 15.6 Å². The van der Waals surface area contributed by atoms with E-state index in [9.17, 15) is 4.79 Å². The molecule has 1 aliphatic heterocycles. The van der Waals surface area contributed by atoms with E-state index in [1.165, 1.54) is 13.2 Å². The van der Waals surface area contributed by atoms with Gasteiger partial charge in [0.15, 0.2) is 0 Å². The van der Waals surface area contributed by atoms with Crippen molar-refractivity contribution >= 4 is 23.3 Å². The summed E-state index contributed by atoms with van der Waals surface area (Å²) in [7, 11) is 3.05. The number of methoxy groups -OCH3 is 2. The second-order valence-electron chi connectivity index (χ2n) is 4.76. The number of aromatic nitrogens is 1. The Labute approximate surface area is 128 Å². The third-order valence-electron chi connectivity index (χ3n) is 3.45. The Balaban J connectivity index is 2.18. The van der Waals surface area contributed by atoms with Crippen LogP contribution in [0.3, 0.4) is 0 Å². The van der Waals surface area contributed by atoms with Crippen LogP contribution in [0.25, 0.3) is 0 Å². The standard InChI is InChI=1S/C13H19ClN4O3/c1-20-10-6-16-4-3-9(10)17-12(19)7-5-8(14)11(15)18-13(7)21-2/h5,9-10,16H,3-4,6H2,1-2H3,(H2,15,18)(H,17,19). The van der Waals surface area contributed by atoms with Gasteiger partial charge in [0.25, 0.3) is 5.91 Å². The first-order valence-corrected chi connectivity index (χ1v) is 6.99. The Morgan fingerprint density at radius 3 is 3.00 bits per heavy atom. The average molecular weight is 315 g/mol. The molecule has 1 aromatic rings. The summed E-state index contributed by atoms with van der Waals surface area (Å²) in [6.07, 6.45) is 0.703. The second kappa shape index (κ2) is 6.93. The van der Waals surface area contributed by atoms with Crippen molar-refractivity contribution in [2.45, 2.75) is 18.6 Å². The third kappa shape index (κ3) is 3.55. The fourth-order valence-electron chi connectivity index (χ4n) is 2.29. The smallest absolute Gasteiger partial charge is 0.257 e. The Hall–Kier alpha value is -1.57. The minimum absolute atomic E-state index is 0.0779. The van der Waals surface area contributed by atoms with Gasteiger partial charge in [0.2, 0.25) is 5.88 Å². The number of ether oxygens (including phenoxy) is 2. The minimum atomic E-state index is -0.310. The molecule has 0 bridgehead atoms. The predicted molar refractivity (Wildman–Crippen MR) is 79.7 cm³/mol. The summed E-state index contributed by atoms with van der Waals surface area (Å²) in [5, 5.41) is 6.37. The Kier molecular flexibility index (Phi) is 5.22. The lowest BCUT2D eigenvalue weighted by Gasteiger charge is -2.31. The molecule has 1 fully saturated rings. The van der Waals surface area contributed by atoms with E-state index in [1.54, 1.807) is 7.11 Å². The number of hydrogen-bond donors (Lipinski definition) is 3. The lowest BCUT2D eigenvalue weighted by molar-refractivity contribution is 0.0475. The van der Waals surface area contributed by atoms with Crippen LogP contribution in [0.5, 0.6) is 5.88 Å². The second-order valence-corrected chi connectivity index (χ2v) is 5.17. The van der Waals surface area contributed by atoms with Gasteiger partial charge in [0, 0.05) is 13.7 Å². The van der Waals surface area contributed by atoms with Crippen LogP contribution in [0.2, 0.25) is 5.02 Å². The van der Waals surface area contributed by atoms with Crippen molar-refractivity contribution in [3.63, 3.8) is 0 Å². The van der Waals surface area contributed by atoms with E-state index in [1.807, 2.05) is 0 Å². The molecule has 116 valence electrons.